The van der Waals surface area contributed by atoms with E-state index in [-0.39, 0.29) is 5.54 Å². The van der Waals surface area contributed by atoms with Crippen LogP contribution in [0.2, 0.25) is 25.7 Å². The molecule has 0 saturated carbocycles. The summed E-state index contributed by atoms with van der Waals surface area (Å²) in [4.78, 5) is 24.3. The molecule has 0 spiro atoms. The Morgan fingerprint density at radius 1 is 1.23 bits per heavy atom. The number of ether oxygens (including phenoxy) is 1. The molecule has 208 valence electrons. The molecule has 2 saturated heterocycles. The van der Waals surface area contributed by atoms with E-state index in [4.69, 9.17) is 9.84 Å². The van der Waals surface area contributed by atoms with E-state index in [9.17, 15) is 15.2 Å². The predicted molar refractivity (Wildman–Crippen MR) is 150 cm³/mol. The van der Waals surface area contributed by atoms with E-state index in [0.29, 0.717) is 39.3 Å². The third-order valence-corrected chi connectivity index (χ3v) is 10.1. The fraction of sp³-hybridized carbons (Fsp3) is 0.593. The lowest BCUT2D eigenvalue weighted by Crippen LogP contribution is -2.70. The first-order chi connectivity index (χ1) is 18.5. The topological polar surface area (TPSA) is 125 Å². The lowest BCUT2D eigenvalue weighted by atomic mass is 9.78. The third kappa shape index (κ3) is 5.43. The normalized spacial score (nSPS) is 19.1. The van der Waals surface area contributed by atoms with Crippen LogP contribution in [0.15, 0.2) is 31.0 Å². The first-order valence-corrected chi connectivity index (χ1v) is 17.3. The summed E-state index contributed by atoms with van der Waals surface area (Å²) in [5, 5.41) is 24.6. The number of aromatic nitrogens is 5. The van der Waals surface area contributed by atoms with Crippen molar-refractivity contribution in [2.24, 2.45) is 0 Å². The number of carbonyl (C=O) groups is 1. The highest BCUT2D eigenvalue weighted by molar-refractivity contribution is 6.76. The molecule has 2 aliphatic heterocycles. The Bertz CT molecular complexity index is 1370. The van der Waals surface area contributed by atoms with E-state index in [1.54, 1.807) is 6.33 Å². The summed E-state index contributed by atoms with van der Waals surface area (Å²) in [6.45, 7) is 12.9. The van der Waals surface area contributed by atoms with Crippen LogP contribution in [0.5, 0.6) is 0 Å². The van der Waals surface area contributed by atoms with Crippen LogP contribution >= 0.6 is 0 Å². The van der Waals surface area contributed by atoms with Gasteiger partial charge in [-0.15, -0.1) is 0 Å². The second kappa shape index (κ2) is 10.4. The van der Waals surface area contributed by atoms with Gasteiger partial charge in [0.15, 0.2) is 0 Å². The molecule has 0 atom stereocenters. The SMILES string of the molecule is CC1(N2CC(CC#N)(n3cc(-c4ncnc5c4ccn5COCC[Si](C)(C)C)cn3)C2)CCN(C(=O)O)CC1. The number of likely N-dealkylation sites (tertiary alicyclic amines) is 2. The highest BCUT2D eigenvalue weighted by Gasteiger charge is 2.52. The van der Waals surface area contributed by atoms with Gasteiger partial charge in [0.1, 0.15) is 24.2 Å². The zero-order valence-electron chi connectivity index (χ0n) is 23.3. The van der Waals surface area contributed by atoms with Crippen LogP contribution < -0.4 is 0 Å². The number of nitrogens with zero attached hydrogens (tertiary/aromatic N) is 8. The van der Waals surface area contributed by atoms with E-state index in [0.717, 1.165) is 47.8 Å². The van der Waals surface area contributed by atoms with Gasteiger partial charge >= 0.3 is 6.09 Å². The van der Waals surface area contributed by atoms with E-state index >= 15 is 0 Å². The highest BCUT2D eigenvalue weighted by Crippen LogP contribution is 2.41. The first-order valence-electron chi connectivity index (χ1n) is 13.6. The summed E-state index contributed by atoms with van der Waals surface area (Å²) in [5.74, 6) is 0. The number of hydrogen-bond acceptors (Lipinski definition) is 7. The van der Waals surface area contributed by atoms with Gasteiger partial charge in [0.05, 0.1) is 24.4 Å². The van der Waals surface area contributed by atoms with Crippen molar-refractivity contribution in [2.45, 2.75) is 69.7 Å². The molecule has 0 aromatic carbocycles. The minimum Gasteiger partial charge on any atom is -0.465 e. The second-order valence-corrected chi connectivity index (χ2v) is 18.1. The van der Waals surface area contributed by atoms with Crippen LogP contribution in [0.4, 0.5) is 4.79 Å². The molecule has 0 aliphatic carbocycles. The molecule has 0 unspecified atom stereocenters. The molecule has 2 fully saturated rings. The van der Waals surface area contributed by atoms with E-state index < -0.39 is 19.7 Å². The van der Waals surface area contributed by atoms with E-state index in [2.05, 4.69) is 47.5 Å². The molecule has 5 heterocycles. The predicted octanol–water partition coefficient (Wildman–Crippen LogP) is 4.06. The second-order valence-electron chi connectivity index (χ2n) is 12.4. The van der Waals surface area contributed by atoms with Crippen LogP contribution in [0.1, 0.15) is 26.2 Å². The van der Waals surface area contributed by atoms with Crippen LogP contribution in [0.3, 0.4) is 0 Å². The number of carboxylic acid groups (broad SMARTS) is 1. The molecule has 12 heteroatoms. The molecule has 1 N–H and O–H groups in total. The van der Waals surface area contributed by atoms with Gasteiger partial charge in [0.2, 0.25) is 0 Å². The average Bonchev–Trinajstić information content (AvgIpc) is 3.51. The minimum absolute atomic E-state index is 0.0836. The number of hydrogen-bond donors (Lipinski definition) is 1. The summed E-state index contributed by atoms with van der Waals surface area (Å²) in [6, 6.07) is 5.51. The maximum atomic E-state index is 11.3. The molecule has 0 bridgehead atoms. The fourth-order valence-corrected chi connectivity index (χ4v) is 6.37. The standard InChI is InChI=1S/C27H38N8O3Si/c1-26(7-11-32(12-8-26)25(36)37)34-17-27(18-34,6-9-28)35-16-21(15-31-35)23-22-5-10-33(24(22)30-19-29-23)20-38-13-14-39(2,3)4/h5,10,15-16,19H,6-8,11-14,17-18,20H2,1-4H3,(H,36,37). The summed E-state index contributed by atoms with van der Waals surface area (Å²) in [6.07, 6.45) is 8.44. The number of piperidine rings is 1. The maximum Gasteiger partial charge on any atom is 0.407 e. The van der Waals surface area contributed by atoms with Crippen molar-refractivity contribution in [2.75, 3.05) is 32.8 Å². The Labute approximate surface area is 230 Å². The zero-order valence-corrected chi connectivity index (χ0v) is 24.3. The summed E-state index contributed by atoms with van der Waals surface area (Å²) >= 11 is 0. The summed E-state index contributed by atoms with van der Waals surface area (Å²) in [7, 11) is -1.14. The molecule has 39 heavy (non-hydrogen) atoms. The smallest absolute Gasteiger partial charge is 0.407 e. The van der Waals surface area contributed by atoms with Gasteiger partial charge in [0, 0.05) is 69.7 Å². The summed E-state index contributed by atoms with van der Waals surface area (Å²) in [5.41, 5.74) is 2.02. The Morgan fingerprint density at radius 2 is 1.97 bits per heavy atom. The Morgan fingerprint density at radius 3 is 2.64 bits per heavy atom. The van der Waals surface area contributed by atoms with E-state index in [1.807, 2.05) is 33.9 Å². The van der Waals surface area contributed by atoms with Gasteiger partial charge in [-0.25, -0.2) is 14.8 Å². The fourth-order valence-electron chi connectivity index (χ4n) is 5.61. The van der Waals surface area contributed by atoms with Crippen molar-refractivity contribution in [3.8, 4) is 17.3 Å². The van der Waals surface area contributed by atoms with Gasteiger partial charge in [-0.3, -0.25) is 9.58 Å². The van der Waals surface area contributed by atoms with E-state index in [1.165, 1.54) is 4.90 Å². The minimum atomic E-state index is -1.14. The zero-order chi connectivity index (χ0) is 27.8. The number of fused-ring (bicyclic) bond motifs is 1. The van der Waals surface area contributed by atoms with Gasteiger partial charge in [-0.1, -0.05) is 19.6 Å². The molecule has 0 radical (unpaired) electrons. The van der Waals surface area contributed by atoms with Gasteiger partial charge < -0.3 is 19.3 Å². The molecular formula is C27H38N8O3Si. The molecule has 11 nitrogen and oxygen atoms in total. The Hall–Kier alpha value is -3.27. The molecular weight excluding hydrogens is 512 g/mol. The van der Waals surface area contributed by atoms with Crippen molar-refractivity contribution < 1.29 is 14.6 Å². The van der Waals surface area contributed by atoms with Crippen LogP contribution in [-0.4, -0.2) is 91.7 Å². The number of rotatable bonds is 9. The van der Waals surface area contributed by atoms with Crippen molar-refractivity contribution in [1.82, 2.24) is 34.1 Å². The van der Waals surface area contributed by atoms with Crippen molar-refractivity contribution in [3.63, 3.8) is 0 Å². The Balaban J connectivity index is 1.31. The first kappa shape index (κ1) is 27.3. The van der Waals surface area contributed by atoms with Gasteiger partial charge in [-0.2, -0.15) is 10.4 Å². The lowest BCUT2D eigenvalue weighted by Gasteiger charge is -2.58. The van der Waals surface area contributed by atoms with Gasteiger partial charge in [0.25, 0.3) is 0 Å². The number of amides is 1. The van der Waals surface area contributed by atoms with Crippen LogP contribution in [-0.2, 0) is 17.0 Å². The van der Waals surface area contributed by atoms with Crippen molar-refractivity contribution in [1.29, 1.82) is 5.26 Å². The average molecular weight is 551 g/mol. The summed E-state index contributed by atoms with van der Waals surface area (Å²) < 4.78 is 9.88. The van der Waals surface area contributed by atoms with Gasteiger partial charge in [-0.05, 0) is 31.9 Å². The van der Waals surface area contributed by atoms with Crippen LogP contribution in [0.25, 0.3) is 22.3 Å². The molecule has 2 aliphatic rings. The largest absolute Gasteiger partial charge is 0.465 e. The highest BCUT2D eigenvalue weighted by atomic mass is 28.3. The maximum absolute atomic E-state index is 11.3. The Kier molecular flexibility index (Phi) is 7.26. The van der Waals surface area contributed by atoms with Crippen molar-refractivity contribution >= 4 is 25.2 Å². The molecule has 3 aromatic heterocycles. The molecule has 1 amide bonds. The monoisotopic (exact) mass is 550 g/mol. The lowest BCUT2D eigenvalue weighted by molar-refractivity contribution is -0.0859. The molecule has 3 aromatic rings. The van der Waals surface area contributed by atoms with Crippen LogP contribution in [0, 0.1) is 11.3 Å². The quantitative estimate of drug-likeness (QED) is 0.312. The number of nitriles is 1. The molecule has 5 rings (SSSR count). The van der Waals surface area contributed by atoms with Crippen molar-refractivity contribution in [3.05, 3.63) is 31.0 Å². The third-order valence-electron chi connectivity index (χ3n) is 8.38.